The maximum absolute atomic E-state index is 12.5. The summed E-state index contributed by atoms with van der Waals surface area (Å²) in [4.78, 5) is 27.4. The molecule has 1 aromatic heterocycles. The van der Waals surface area contributed by atoms with E-state index in [1.54, 1.807) is 66.9 Å². The van der Waals surface area contributed by atoms with Gasteiger partial charge in [0.2, 0.25) is 0 Å². The Morgan fingerprint density at radius 3 is 2.46 bits per heavy atom. The molecule has 1 N–H and O–H groups in total. The van der Waals surface area contributed by atoms with Gasteiger partial charge in [0, 0.05) is 6.20 Å². The van der Waals surface area contributed by atoms with Gasteiger partial charge in [-0.25, -0.2) is 0 Å². The van der Waals surface area contributed by atoms with Gasteiger partial charge in [0.05, 0.1) is 27.9 Å². The first-order chi connectivity index (χ1) is 12.6. The number of aromatic nitrogens is 1. The van der Waals surface area contributed by atoms with Crippen molar-refractivity contribution in [3.8, 4) is 5.75 Å². The third-order valence-corrected chi connectivity index (χ3v) is 3.57. The molecule has 0 spiro atoms. The lowest BCUT2D eigenvalue weighted by molar-refractivity contribution is -0.570. The number of nitro groups is 1. The molecular weight excluding hydrogens is 334 g/mol. The van der Waals surface area contributed by atoms with Crippen LogP contribution in [0.15, 0.2) is 79.1 Å². The molecule has 0 aliphatic carbocycles. The van der Waals surface area contributed by atoms with Gasteiger partial charge in [-0.1, -0.05) is 30.3 Å². The summed E-state index contributed by atoms with van der Waals surface area (Å²) < 4.78 is 5.58. The number of rotatable bonds is 6. The largest absolute Gasteiger partial charge is 0.426 e. The summed E-state index contributed by atoms with van der Waals surface area (Å²) in [6, 6.07) is 18.1. The Hall–Kier alpha value is -3.74. The molecule has 0 fully saturated rings. The van der Waals surface area contributed by atoms with E-state index < -0.39 is 17.1 Å². The summed E-state index contributed by atoms with van der Waals surface area (Å²) in [7, 11) is 0. The number of amides is 1. The van der Waals surface area contributed by atoms with Gasteiger partial charge >= 0.3 is 6.23 Å². The van der Waals surface area contributed by atoms with Crippen molar-refractivity contribution in [1.82, 2.24) is 4.98 Å². The van der Waals surface area contributed by atoms with Gasteiger partial charge in [-0.2, -0.15) is 0 Å². The molecule has 0 aliphatic heterocycles. The standard InChI is InChI=1S/C19H15N3O4/c23-18(21-15-9-6-12-20-13-15)16-10-4-5-11-17(16)26-19(22(24)25)14-7-2-1-3-8-14/h1-13,19H,(H,21,23). The van der Waals surface area contributed by atoms with Crippen molar-refractivity contribution in [2.75, 3.05) is 5.32 Å². The smallest absolute Gasteiger partial charge is 0.380 e. The molecule has 130 valence electrons. The molecule has 7 heteroatoms. The van der Waals surface area contributed by atoms with Crippen LogP contribution < -0.4 is 10.1 Å². The Morgan fingerprint density at radius 2 is 1.77 bits per heavy atom. The zero-order valence-electron chi connectivity index (χ0n) is 13.6. The number of anilines is 1. The summed E-state index contributed by atoms with van der Waals surface area (Å²) in [6.45, 7) is 0. The topological polar surface area (TPSA) is 94.4 Å². The first-order valence-electron chi connectivity index (χ1n) is 7.80. The molecule has 0 radical (unpaired) electrons. The van der Waals surface area contributed by atoms with Crippen LogP contribution in [0.2, 0.25) is 0 Å². The summed E-state index contributed by atoms with van der Waals surface area (Å²) in [5.74, 6) is -0.316. The second-order valence-electron chi connectivity index (χ2n) is 5.36. The summed E-state index contributed by atoms with van der Waals surface area (Å²) in [5, 5.41) is 14.1. The van der Waals surface area contributed by atoms with Gasteiger partial charge in [-0.05, 0) is 36.4 Å². The second kappa shape index (κ2) is 7.89. The second-order valence-corrected chi connectivity index (χ2v) is 5.36. The first kappa shape index (κ1) is 17.1. The third kappa shape index (κ3) is 4.02. The predicted molar refractivity (Wildman–Crippen MR) is 95.4 cm³/mol. The van der Waals surface area contributed by atoms with Crippen molar-refractivity contribution in [2.24, 2.45) is 0 Å². The van der Waals surface area contributed by atoms with Crippen molar-refractivity contribution < 1.29 is 14.5 Å². The van der Waals surface area contributed by atoms with E-state index in [9.17, 15) is 14.9 Å². The number of hydrogen-bond donors (Lipinski definition) is 1. The third-order valence-electron chi connectivity index (χ3n) is 3.57. The van der Waals surface area contributed by atoms with Crippen molar-refractivity contribution >= 4 is 11.6 Å². The minimum absolute atomic E-state index is 0.124. The van der Waals surface area contributed by atoms with Crippen molar-refractivity contribution in [3.63, 3.8) is 0 Å². The van der Waals surface area contributed by atoms with Gasteiger partial charge in [0.25, 0.3) is 5.91 Å². The fourth-order valence-electron chi connectivity index (χ4n) is 2.36. The normalized spacial score (nSPS) is 11.4. The van der Waals surface area contributed by atoms with Crippen LogP contribution in [0.4, 0.5) is 5.69 Å². The van der Waals surface area contributed by atoms with E-state index in [4.69, 9.17) is 4.74 Å². The number of carbonyl (C=O) groups excluding carboxylic acids is 1. The van der Waals surface area contributed by atoms with E-state index >= 15 is 0 Å². The maximum atomic E-state index is 12.5. The molecule has 3 aromatic rings. The SMILES string of the molecule is O=C(Nc1cccnc1)c1ccccc1OC(c1ccccc1)[N+](=O)[O-]. The Bertz CT molecular complexity index is 901. The Kier molecular flexibility index (Phi) is 5.19. The highest BCUT2D eigenvalue weighted by Gasteiger charge is 2.26. The molecule has 0 saturated heterocycles. The van der Waals surface area contributed by atoms with Crippen LogP contribution >= 0.6 is 0 Å². The Labute approximate surface area is 149 Å². The molecule has 1 unspecified atom stereocenters. The highest BCUT2D eigenvalue weighted by molar-refractivity contribution is 6.06. The Balaban J connectivity index is 1.86. The van der Waals surface area contributed by atoms with E-state index in [0.29, 0.717) is 11.3 Å². The number of pyridine rings is 1. The van der Waals surface area contributed by atoms with Crippen molar-refractivity contribution in [3.05, 3.63) is 100 Å². The number of carbonyl (C=O) groups is 1. The molecule has 1 amide bonds. The van der Waals surface area contributed by atoms with Crippen LogP contribution in [0.5, 0.6) is 5.75 Å². The Morgan fingerprint density at radius 1 is 1.04 bits per heavy atom. The number of hydrogen-bond acceptors (Lipinski definition) is 5. The van der Waals surface area contributed by atoms with Gasteiger partial charge in [-0.3, -0.25) is 19.9 Å². The average molecular weight is 349 g/mol. The number of benzene rings is 2. The van der Waals surface area contributed by atoms with E-state index in [1.165, 1.54) is 12.3 Å². The molecule has 1 atom stereocenters. The molecule has 26 heavy (non-hydrogen) atoms. The maximum Gasteiger partial charge on any atom is 0.380 e. The zero-order valence-corrected chi connectivity index (χ0v) is 13.6. The van der Waals surface area contributed by atoms with Gasteiger partial charge < -0.3 is 10.1 Å². The fraction of sp³-hybridized carbons (Fsp3) is 0.0526. The quantitative estimate of drug-likeness (QED) is 0.416. The minimum atomic E-state index is -1.41. The minimum Gasteiger partial charge on any atom is -0.426 e. The van der Waals surface area contributed by atoms with Gasteiger partial charge in [0.1, 0.15) is 5.75 Å². The molecule has 0 aliphatic rings. The average Bonchev–Trinajstić information content (AvgIpc) is 2.67. The van der Waals surface area contributed by atoms with E-state index in [-0.39, 0.29) is 11.3 Å². The molecule has 2 aromatic carbocycles. The number of para-hydroxylation sites is 1. The first-order valence-corrected chi connectivity index (χ1v) is 7.80. The number of nitrogens with one attached hydrogen (secondary N) is 1. The van der Waals surface area contributed by atoms with Crippen molar-refractivity contribution in [1.29, 1.82) is 0 Å². The summed E-state index contributed by atoms with van der Waals surface area (Å²) in [5.41, 5.74) is 1.10. The van der Waals surface area contributed by atoms with Crippen LogP contribution in [0.25, 0.3) is 0 Å². The monoisotopic (exact) mass is 349 g/mol. The summed E-state index contributed by atoms with van der Waals surface area (Å²) in [6.07, 6.45) is 1.68. The lowest BCUT2D eigenvalue weighted by atomic mass is 10.1. The lowest BCUT2D eigenvalue weighted by Gasteiger charge is -2.15. The molecule has 3 rings (SSSR count). The highest BCUT2D eigenvalue weighted by atomic mass is 16.7. The van der Waals surface area contributed by atoms with Crippen LogP contribution in [-0.2, 0) is 0 Å². The van der Waals surface area contributed by atoms with Crippen molar-refractivity contribution in [2.45, 2.75) is 6.23 Å². The fourth-order valence-corrected chi connectivity index (χ4v) is 2.36. The van der Waals surface area contributed by atoms with Crippen LogP contribution in [0.1, 0.15) is 22.1 Å². The zero-order chi connectivity index (χ0) is 18.4. The molecule has 7 nitrogen and oxygen atoms in total. The summed E-state index contributed by atoms with van der Waals surface area (Å²) >= 11 is 0. The molecular formula is C19H15N3O4. The van der Waals surface area contributed by atoms with Crippen LogP contribution in [-0.4, -0.2) is 15.8 Å². The highest BCUT2D eigenvalue weighted by Crippen LogP contribution is 2.26. The number of nitrogens with zero attached hydrogens (tertiary/aromatic N) is 2. The van der Waals surface area contributed by atoms with E-state index in [2.05, 4.69) is 10.3 Å². The van der Waals surface area contributed by atoms with Gasteiger partial charge in [0.15, 0.2) is 0 Å². The van der Waals surface area contributed by atoms with E-state index in [1.807, 2.05) is 0 Å². The predicted octanol–water partition coefficient (Wildman–Crippen LogP) is 3.69. The van der Waals surface area contributed by atoms with Crippen LogP contribution in [0, 0.1) is 10.1 Å². The lowest BCUT2D eigenvalue weighted by Crippen LogP contribution is -2.20. The van der Waals surface area contributed by atoms with Gasteiger partial charge in [-0.15, -0.1) is 0 Å². The van der Waals surface area contributed by atoms with Crippen LogP contribution in [0.3, 0.4) is 0 Å². The molecule has 0 saturated carbocycles. The molecule has 0 bridgehead atoms. The molecule has 1 heterocycles. The number of ether oxygens (including phenoxy) is 1. The van der Waals surface area contributed by atoms with E-state index in [0.717, 1.165) is 0 Å².